The molecule has 2 rings (SSSR count). The fourth-order valence-corrected chi connectivity index (χ4v) is 2.63. The Kier molecular flexibility index (Phi) is 5.43. The normalized spacial score (nSPS) is 12.3. The lowest BCUT2D eigenvalue weighted by Crippen LogP contribution is -2.27. The van der Waals surface area contributed by atoms with E-state index in [0.29, 0.717) is 17.5 Å². The highest BCUT2D eigenvalue weighted by molar-refractivity contribution is 5.87. The monoisotopic (exact) mass is 337 g/mol. The van der Waals surface area contributed by atoms with Crippen LogP contribution < -0.4 is 5.56 Å². The summed E-state index contributed by atoms with van der Waals surface area (Å²) >= 11 is 0. The Morgan fingerprint density at radius 2 is 2.00 bits per heavy atom. The van der Waals surface area contributed by atoms with E-state index in [1.54, 1.807) is 6.92 Å². The second kappa shape index (κ2) is 7.35. The maximum absolute atomic E-state index is 12.5. The molecule has 0 fully saturated rings. The van der Waals surface area contributed by atoms with E-state index in [2.05, 4.69) is 4.99 Å². The number of nitrogens with zero attached hydrogens (tertiary/aromatic N) is 3. The Labute approximate surface area is 147 Å². The first-order valence-corrected chi connectivity index (χ1v) is 8.31. The number of rotatable bonds is 4. The lowest BCUT2D eigenvalue weighted by atomic mass is 10.0. The number of aromatic hydroxyl groups is 1. The van der Waals surface area contributed by atoms with Gasteiger partial charge in [-0.25, -0.2) is 0 Å². The number of hydrogen-bond acceptors (Lipinski definition) is 4. The van der Waals surface area contributed by atoms with Crippen molar-refractivity contribution in [1.29, 1.82) is 5.26 Å². The molecule has 0 radical (unpaired) electrons. The van der Waals surface area contributed by atoms with Gasteiger partial charge in [-0.2, -0.15) is 5.26 Å². The summed E-state index contributed by atoms with van der Waals surface area (Å²) in [5.74, 6) is -0.150. The lowest BCUT2D eigenvalue weighted by molar-refractivity contribution is 0.372. The van der Waals surface area contributed by atoms with Gasteiger partial charge in [0.25, 0.3) is 5.56 Å². The SMILES string of the molecule is CCC(C)n1c(O)c(C=Nc2ccc(C)c(C)c2)c(C)c(C#N)c1=O. The highest BCUT2D eigenvalue weighted by atomic mass is 16.3. The fraction of sp³-hybridized carbons (Fsp3) is 0.350. The third-order valence-electron chi connectivity index (χ3n) is 4.66. The molecule has 5 nitrogen and oxygen atoms in total. The quantitative estimate of drug-likeness (QED) is 0.854. The van der Waals surface area contributed by atoms with Gasteiger partial charge in [-0.3, -0.25) is 14.4 Å². The molecule has 1 heterocycles. The molecule has 0 saturated carbocycles. The molecule has 1 atom stereocenters. The van der Waals surface area contributed by atoms with E-state index in [4.69, 9.17) is 0 Å². The standard InChI is InChI=1S/C20H23N3O2/c1-6-14(4)23-19(24)17(10-21)15(5)18(20(23)25)11-22-16-8-7-12(2)13(3)9-16/h7-9,11,14,25H,6H2,1-5H3. The van der Waals surface area contributed by atoms with Gasteiger partial charge in [0.05, 0.1) is 11.3 Å². The molecule has 0 bridgehead atoms. The van der Waals surface area contributed by atoms with Crippen LogP contribution >= 0.6 is 0 Å². The molecular weight excluding hydrogens is 314 g/mol. The smallest absolute Gasteiger partial charge is 0.271 e. The van der Waals surface area contributed by atoms with E-state index >= 15 is 0 Å². The molecule has 0 amide bonds. The van der Waals surface area contributed by atoms with Crippen LogP contribution in [0.5, 0.6) is 5.88 Å². The van der Waals surface area contributed by atoms with E-state index in [1.807, 2.05) is 52.0 Å². The van der Waals surface area contributed by atoms with Crippen LogP contribution in [-0.2, 0) is 0 Å². The number of hydrogen-bond donors (Lipinski definition) is 1. The molecule has 1 N–H and O–H groups in total. The molecule has 0 spiro atoms. The van der Waals surface area contributed by atoms with Crippen molar-refractivity contribution in [3.63, 3.8) is 0 Å². The van der Waals surface area contributed by atoms with Gasteiger partial charge in [0.2, 0.25) is 5.88 Å². The highest BCUT2D eigenvalue weighted by Crippen LogP contribution is 2.25. The largest absolute Gasteiger partial charge is 0.494 e. The molecule has 0 aliphatic heterocycles. The molecule has 130 valence electrons. The maximum atomic E-state index is 12.5. The van der Waals surface area contributed by atoms with Crippen LogP contribution in [0.4, 0.5) is 5.69 Å². The van der Waals surface area contributed by atoms with Gasteiger partial charge in [-0.05, 0) is 62.9 Å². The molecule has 1 aromatic carbocycles. The zero-order valence-corrected chi connectivity index (χ0v) is 15.3. The Balaban J connectivity index is 2.64. The first kappa shape index (κ1) is 18.5. The maximum Gasteiger partial charge on any atom is 0.271 e. The van der Waals surface area contributed by atoms with Crippen molar-refractivity contribution in [2.45, 2.75) is 47.1 Å². The molecule has 0 aliphatic carbocycles. The molecule has 0 aliphatic rings. The average molecular weight is 337 g/mol. The van der Waals surface area contributed by atoms with Crippen LogP contribution in [0.1, 0.15) is 54.1 Å². The topological polar surface area (TPSA) is 78.4 Å². The molecule has 5 heteroatoms. The molecule has 25 heavy (non-hydrogen) atoms. The summed E-state index contributed by atoms with van der Waals surface area (Å²) in [6.45, 7) is 9.45. The van der Waals surface area contributed by atoms with Gasteiger partial charge in [-0.1, -0.05) is 13.0 Å². The van der Waals surface area contributed by atoms with E-state index < -0.39 is 5.56 Å². The molecule has 0 saturated heterocycles. The van der Waals surface area contributed by atoms with Gasteiger partial charge in [0.15, 0.2) is 0 Å². The van der Waals surface area contributed by atoms with Crippen molar-refractivity contribution >= 4 is 11.9 Å². The van der Waals surface area contributed by atoms with Crippen LogP contribution in [0.15, 0.2) is 28.0 Å². The molecule has 1 aromatic heterocycles. The highest BCUT2D eigenvalue weighted by Gasteiger charge is 2.20. The number of benzene rings is 1. The first-order chi connectivity index (χ1) is 11.8. The zero-order chi connectivity index (χ0) is 18.7. The van der Waals surface area contributed by atoms with Crippen LogP contribution in [0.2, 0.25) is 0 Å². The number of nitriles is 1. The minimum Gasteiger partial charge on any atom is -0.494 e. The van der Waals surface area contributed by atoms with Crippen molar-refractivity contribution in [2.75, 3.05) is 0 Å². The molecule has 2 aromatic rings. The lowest BCUT2D eigenvalue weighted by Gasteiger charge is -2.18. The van der Waals surface area contributed by atoms with Gasteiger partial charge < -0.3 is 5.11 Å². The number of pyridine rings is 1. The average Bonchev–Trinajstić information content (AvgIpc) is 2.58. The van der Waals surface area contributed by atoms with Gasteiger partial charge in [-0.15, -0.1) is 0 Å². The predicted octanol–water partition coefficient (Wildman–Crippen LogP) is 4.07. The first-order valence-electron chi connectivity index (χ1n) is 8.31. The Morgan fingerprint density at radius 1 is 1.32 bits per heavy atom. The van der Waals surface area contributed by atoms with Gasteiger partial charge >= 0.3 is 0 Å². The van der Waals surface area contributed by atoms with Crippen LogP contribution in [0, 0.1) is 32.1 Å². The number of aryl methyl sites for hydroxylation is 2. The molecule has 1 unspecified atom stereocenters. The van der Waals surface area contributed by atoms with E-state index in [0.717, 1.165) is 11.3 Å². The summed E-state index contributed by atoms with van der Waals surface area (Å²) in [6, 6.07) is 7.57. The molecular formula is C20H23N3O2. The Bertz CT molecular complexity index is 933. The summed E-state index contributed by atoms with van der Waals surface area (Å²) in [4.78, 5) is 16.9. The number of aliphatic imine (C=N–C) groups is 1. The summed E-state index contributed by atoms with van der Waals surface area (Å²) in [5.41, 5.74) is 3.47. The summed E-state index contributed by atoms with van der Waals surface area (Å²) < 4.78 is 1.27. The minimum atomic E-state index is -0.463. The number of aromatic nitrogens is 1. The van der Waals surface area contributed by atoms with Crippen LogP contribution in [-0.4, -0.2) is 15.9 Å². The second-order valence-corrected chi connectivity index (χ2v) is 6.31. The van der Waals surface area contributed by atoms with Crippen molar-refractivity contribution in [3.05, 3.63) is 56.4 Å². The van der Waals surface area contributed by atoms with Crippen molar-refractivity contribution in [2.24, 2.45) is 4.99 Å². The van der Waals surface area contributed by atoms with Crippen LogP contribution in [0.25, 0.3) is 0 Å². The van der Waals surface area contributed by atoms with Crippen molar-refractivity contribution in [1.82, 2.24) is 4.57 Å². The Morgan fingerprint density at radius 3 is 2.56 bits per heavy atom. The second-order valence-electron chi connectivity index (χ2n) is 6.31. The van der Waals surface area contributed by atoms with Crippen molar-refractivity contribution in [3.8, 4) is 11.9 Å². The van der Waals surface area contributed by atoms with Crippen molar-refractivity contribution < 1.29 is 5.11 Å². The van der Waals surface area contributed by atoms with E-state index in [-0.39, 0.29) is 17.5 Å². The summed E-state index contributed by atoms with van der Waals surface area (Å²) in [5, 5.41) is 20.0. The zero-order valence-electron chi connectivity index (χ0n) is 15.3. The third kappa shape index (κ3) is 3.48. The minimum absolute atomic E-state index is 0.0413. The fourth-order valence-electron chi connectivity index (χ4n) is 2.63. The summed E-state index contributed by atoms with van der Waals surface area (Å²) in [6.07, 6.45) is 2.18. The van der Waals surface area contributed by atoms with E-state index in [9.17, 15) is 15.2 Å². The van der Waals surface area contributed by atoms with Crippen LogP contribution in [0.3, 0.4) is 0 Å². The predicted molar refractivity (Wildman–Crippen MR) is 100.0 cm³/mol. The van der Waals surface area contributed by atoms with E-state index in [1.165, 1.54) is 16.3 Å². The third-order valence-corrected chi connectivity index (χ3v) is 4.66. The van der Waals surface area contributed by atoms with Gasteiger partial charge in [0, 0.05) is 12.3 Å². The Hall–Kier alpha value is -2.87. The summed E-state index contributed by atoms with van der Waals surface area (Å²) in [7, 11) is 0. The van der Waals surface area contributed by atoms with Gasteiger partial charge in [0.1, 0.15) is 11.6 Å².